The van der Waals surface area contributed by atoms with E-state index in [1.165, 1.54) is 208 Å². The number of nitrogens with zero attached hydrogens (tertiary/aromatic N) is 8. The Morgan fingerprint density at radius 3 is 0.940 bits per heavy atom. The number of hydrogen-bond acceptors (Lipinski definition) is 0. The normalized spacial score (nSPS) is 12.9. The first-order valence-corrected chi connectivity index (χ1v) is 36.2. The molecule has 0 spiro atoms. The summed E-state index contributed by atoms with van der Waals surface area (Å²) in [6.07, 6.45) is 28.2. The van der Waals surface area contributed by atoms with Crippen molar-refractivity contribution in [3.63, 3.8) is 0 Å². The molecule has 8 heterocycles. The molecule has 0 saturated heterocycles. The second-order valence-electron chi connectivity index (χ2n) is 28.8. The van der Waals surface area contributed by atoms with Gasteiger partial charge in [-0.05, 0) is 223 Å². The lowest BCUT2D eigenvalue weighted by atomic mass is 9.89. The molecule has 100 heavy (non-hydrogen) atoms. The van der Waals surface area contributed by atoms with Gasteiger partial charge in [-0.3, -0.25) is 0 Å². The maximum atomic E-state index is 2.42. The van der Waals surface area contributed by atoms with Crippen LogP contribution in [-0.2, 0) is 56.4 Å². The SMILES string of the molecule is Cc1c(-c2cccc[n+]2C)cccc1-c1cc(C2CCCC2)cc[n+]1C.Cc1c(-c2cccc[n+]2C)cccc1-c1ccc(C2CCCC2)c[n+]1C.Cc1cc(C)c(-c2cccc[n+]2C)c(C)c1-c1cccc[n+]1C.Cc1cc[n+](C)c(-c2c(C)cc(C)c(-c3cc(C)cc[n+]3C)c2C)c1. The van der Waals surface area contributed by atoms with E-state index in [0.717, 1.165) is 11.8 Å². The third-order valence-electron chi connectivity index (χ3n) is 21.6. The van der Waals surface area contributed by atoms with Crippen LogP contribution < -0.4 is 36.5 Å². The maximum absolute atomic E-state index is 2.42. The molecule has 12 aromatic rings. The van der Waals surface area contributed by atoms with Gasteiger partial charge in [-0.15, -0.1) is 0 Å². The smallest absolute Gasteiger partial charge is 0.201 e. The Hall–Kier alpha value is -9.92. The average Bonchev–Trinajstić information content (AvgIpc) is 0.810. The summed E-state index contributed by atoms with van der Waals surface area (Å²) in [5, 5.41) is 0. The van der Waals surface area contributed by atoms with Crippen molar-refractivity contribution in [2.45, 2.75) is 132 Å². The van der Waals surface area contributed by atoms with E-state index in [2.05, 4.69) is 382 Å². The van der Waals surface area contributed by atoms with Crippen molar-refractivity contribution < 1.29 is 36.5 Å². The maximum Gasteiger partial charge on any atom is 0.213 e. The quantitative estimate of drug-likeness (QED) is 0.122. The predicted octanol–water partition coefficient (Wildman–Crippen LogP) is 17.1. The van der Waals surface area contributed by atoms with Gasteiger partial charge in [0.05, 0.1) is 22.3 Å². The lowest BCUT2D eigenvalue weighted by Gasteiger charge is -2.15. The summed E-state index contributed by atoms with van der Waals surface area (Å²) < 4.78 is 17.8. The van der Waals surface area contributed by atoms with Crippen LogP contribution in [0.25, 0.3) is 90.1 Å². The highest BCUT2D eigenvalue weighted by Gasteiger charge is 2.28. The van der Waals surface area contributed by atoms with Gasteiger partial charge < -0.3 is 0 Å². The zero-order chi connectivity index (χ0) is 71.1. The fourth-order valence-electron chi connectivity index (χ4n) is 16.1. The van der Waals surface area contributed by atoms with Gasteiger partial charge in [0.2, 0.25) is 45.6 Å². The third kappa shape index (κ3) is 15.4. The summed E-state index contributed by atoms with van der Waals surface area (Å²) in [6.45, 7) is 22.2. The molecule has 0 radical (unpaired) electrons. The van der Waals surface area contributed by atoms with E-state index in [4.69, 9.17) is 0 Å². The molecule has 2 aliphatic carbocycles. The lowest BCUT2D eigenvalue weighted by Crippen LogP contribution is -2.32. The van der Waals surface area contributed by atoms with Crippen molar-refractivity contribution in [1.29, 1.82) is 0 Å². The van der Waals surface area contributed by atoms with E-state index in [0.29, 0.717) is 0 Å². The number of benzene rings is 4. The zero-order valence-corrected chi connectivity index (χ0v) is 63.2. The van der Waals surface area contributed by atoms with Crippen LogP contribution in [0.1, 0.15) is 130 Å². The van der Waals surface area contributed by atoms with Crippen LogP contribution in [0.4, 0.5) is 0 Å². The first kappa shape index (κ1) is 71.4. The molecule has 508 valence electrons. The highest BCUT2D eigenvalue weighted by Crippen LogP contribution is 2.40. The molecule has 0 atom stereocenters. The molecule has 2 aliphatic rings. The summed E-state index contributed by atoms with van der Waals surface area (Å²) in [6, 6.07) is 61.7. The Morgan fingerprint density at radius 2 is 0.560 bits per heavy atom. The Morgan fingerprint density at radius 1 is 0.240 bits per heavy atom. The van der Waals surface area contributed by atoms with E-state index in [1.807, 2.05) is 0 Å². The number of hydrogen-bond donors (Lipinski definition) is 0. The first-order chi connectivity index (χ1) is 48.1. The molecule has 0 unspecified atom stereocenters. The third-order valence-corrected chi connectivity index (χ3v) is 21.6. The van der Waals surface area contributed by atoms with Gasteiger partial charge in [0.25, 0.3) is 0 Å². The Kier molecular flexibility index (Phi) is 22.5. The number of aromatic nitrogens is 8. The monoisotopic (exact) mass is 1320 g/mol. The van der Waals surface area contributed by atoms with Crippen molar-refractivity contribution in [2.24, 2.45) is 56.4 Å². The molecule has 0 aliphatic heterocycles. The van der Waals surface area contributed by atoms with E-state index in [-0.39, 0.29) is 0 Å². The molecule has 0 N–H and O–H groups in total. The van der Waals surface area contributed by atoms with Gasteiger partial charge >= 0.3 is 0 Å². The van der Waals surface area contributed by atoms with Crippen LogP contribution in [0.5, 0.6) is 0 Å². The highest BCUT2D eigenvalue weighted by molar-refractivity contribution is 5.80. The van der Waals surface area contributed by atoms with Crippen molar-refractivity contribution in [3.8, 4) is 90.1 Å². The Labute approximate surface area is 598 Å². The summed E-state index contributed by atoms with van der Waals surface area (Å²) in [7, 11) is 17.0. The summed E-state index contributed by atoms with van der Waals surface area (Å²) in [4.78, 5) is 0. The average molecular weight is 1330 g/mol. The molecule has 8 aromatic heterocycles. The minimum absolute atomic E-state index is 0.741. The number of pyridine rings is 8. The van der Waals surface area contributed by atoms with Crippen LogP contribution in [0.15, 0.2) is 219 Å². The predicted molar refractivity (Wildman–Crippen MR) is 408 cm³/mol. The molecule has 0 bridgehead atoms. The fraction of sp³-hybridized carbons (Fsp3) is 0.304. The van der Waals surface area contributed by atoms with Crippen LogP contribution in [0.3, 0.4) is 0 Å². The molecule has 0 amide bonds. The molecule has 4 aromatic carbocycles. The van der Waals surface area contributed by atoms with Crippen LogP contribution in [-0.4, -0.2) is 0 Å². The molecule has 2 fully saturated rings. The van der Waals surface area contributed by atoms with E-state index < -0.39 is 0 Å². The summed E-state index contributed by atoms with van der Waals surface area (Å²) in [5.41, 5.74) is 37.0. The minimum Gasteiger partial charge on any atom is -0.201 e. The van der Waals surface area contributed by atoms with Crippen LogP contribution in [0, 0.1) is 69.2 Å². The topological polar surface area (TPSA) is 31.0 Å². The van der Waals surface area contributed by atoms with Gasteiger partial charge in [-0.1, -0.05) is 49.9 Å². The highest BCUT2D eigenvalue weighted by atomic mass is 15.0. The standard InChI is InChI=1S/2C24H28N2.C23H28N2.C21H24N2/c1-18-21(23-13-6-7-16-25(23)2)11-8-12-22(18)24-15-14-20(17-26(24)3)19-9-4-5-10-19;1-18-21(23-13-6-7-15-25(23)2)11-8-12-22(18)24-17-20(14-16-26(24)3)19-9-4-5-10-19;1-15-8-10-24(6)20(12-15)22-17(3)14-18(4)23(19(22)5)21-13-16(2)9-11-25(21)7;1-15-14-16(2)21(19-11-7-9-13-23(19)5)17(3)20(15)18-10-6-8-12-22(18)4/h2*6-8,11-17,19H,4-5,9-10H2,1-3H3;8-14H,1-7H3;6-14H,1-5H3/q4*+2. The second-order valence-corrected chi connectivity index (χ2v) is 28.8. The van der Waals surface area contributed by atoms with Gasteiger partial charge in [0.1, 0.15) is 56.4 Å². The molecular weight excluding hydrogens is 1220 g/mol. The molecule has 14 rings (SSSR count). The van der Waals surface area contributed by atoms with E-state index >= 15 is 0 Å². The second kappa shape index (κ2) is 31.5. The fourth-order valence-corrected chi connectivity index (χ4v) is 16.1. The van der Waals surface area contributed by atoms with E-state index in [9.17, 15) is 0 Å². The van der Waals surface area contributed by atoms with Crippen LogP contribution >= 0.6 is 0 Å². The van der Waals surface area contributed by atoms with Crippen molar-refractivity contribution in [1.82, 2.24) is 0 Å². The lowest BCUT2D eigenvalue weighted by molar-refractivity contribution is -0.661. The number of rotatable bonds is 10. The molecule has 8 heteroatoms. The van der Waals surface area contributed by atoms with Crippen molar-refractivity contribution in [3.05, 3.63) is 286 Å². The van der Waals surface area contributed by atoms with E-state index in [1.54, 1.807) is 0 Å². The molecular formula is C92H108N8+8. The van der Waals surface area contributed by atoms with Gasteiger partial charge in [0, 0.05) is 119 Å². The van der Waals surface area contributed by atoms with Crippen LogP contribution in [0.2, 0.25) is 0 Å². The Balaban J connectivity index is 0.000000135. The van der Waals surface area contributed by atoms with Gasteiger partial charge in [0.15, 0.2) is 49.6 Å². The van der Waals surface area contributed by atoms with Gasteiger partial charge in [-0.2, -0.15) is 0 Å². The van der Waals surface area contributed by atoms with Crippen molar-refractivity contribution >= 4 is 0 Å². The first-order valence-electron chi connectivity index (χ1n) is 36.2. The number of aryl methyl sites for hydroxylation is 14. The largest absolute Gasteiger partial charge is 0.213 e. The summed E-state index contributed by atoms with van der Waals surface area (Å²) in [5.74, 6) is 1.50. The summed E-state index contributed by atoms with van der Waals surface area (Å²) >= 11 is 0. The minimum atomic E-state index is 0.741. The molecule has 2 saturated carbocycles. The zero-order valence-electron chi connectivity index (χ0n) is 63.2. The Bertz CT molecular complexity index is 4820. The van der Waals surface area contributed by atoms with Crippen molar-refractivity contribution in [2.75, 3.05) is 0 Å². The molecule has 8 nitrogen and oxygen atoms in total. The van der Waals surface area contributed by atoms with Gasteiger partial charge in [-0.25, -0.2) is 36.5 Å².